The highest BCUT2D eigenvalue weighted by Gasteiger charge is 2.78. The van der Waals surface area contributed by atoms with E-state index in [2.05, 4.69) is 4.98 Å². The van der Waals surface area contributed by atoms with Crippen LogP contribution in [0.4, 0.5) is 13.2 Å². The van der Waals surface area contributed by atoms with Gasteiger partial charge in [0.05, 0.1) is 11.6 Å². The van der Waals surface area contributed by atoms with Crippen molar-refractivity contribution in [3.63, 3.8) is 0 Å². The Morgan fingerprint density at radius 1 is 1.30 bits per heavy atom. The minimum absolute atomic E-state index is 0.00210. The lowest BCUT2D eigenvalue weighted by molar-refractivity contribution is -0.221. The van der Waals surface area contributed by atoms with Crippen LogP contribution in [-0.4, -0.2) is 56.5 Å². The number of ketones is 1. The van der Waals surface area contributed by atoms with Gasteiger partial charge in [-0.05, 0) is 61.6 Å². The van der Waals surface area contributed by atoms with Gasteiger partial charge in [-0.3, -0.25) is 9.59 Å². The Morgan fingerprint density at radius 2 is 2.03 bits per heavy atom. The predicted octanol–water partition coefficient (Wildman–Crippen LogP) is 4.79. The fourth-order valence-corrected chi connectivity index (χ4v) is 9.20. The number of nitrogens with zero attached hydrogens (tertiary/aromatic N) is 1. The van der Waals surface area contributed by atoms with Crippen LogP contribution in [0.3, 0.4) is 0 Å². The Labute approximate surface area is 220 Å². The largest absolute Gasteiger partial charge is 0.444 e. The van der Waals surface area contributed by atoms with Crippen LogP contribution < -0.4 is 0 Å². The Balaban J connectivity index is 1.64. The molecule has 200 valence electrons. The molecule has 1 aromatic heterocycles. The highest BCUT2D eigenvalue weighted by atomic mass is 32.2. The molecule has 4 aliphatic carbocycles. The monoisotopic (exact) mass is 555 g/mol. The summed E-state index contributed by atoms with van der Waals surface area (Å²) in [6.07, 6.45) is -0.0476. The summed E-state index contributed by atoms with van der Waals surface area (Å²) in [7, 11) is 0. The standard InChI is InChI=1S/C26H28F3NO5S2/c1-13-6-15-16-8-18(28)17-7-14(31)4-5-23(17,2)25(16,29)20(32)9-24(15,3)26(13,22(34)37-11-27)35-21(33)19-10-36-12-30-19/h4-5,7,10,12-13,15-16,18,20,32H,6,8-9,11H2,1-3H3/t13-,15+,16+,18+,20+,23+,24+,25+,26+/m1/s1. The normalized spacial score (nSPS) is 44.5. The molecule has 3 fully saturated rings. The molecule has 37 heavy (non-hydrogen) atoms. The number of thiazole rings is 1. The van der Waals surface area contributed by atoms with Crippen molar-refractivity contribution in [3.8, 4) is 0 Å². The maximum absolute atomic E-state index is 17.4. The number of ether oxygens (including phenoxy) is 1. The number of carbonyl (C=O) groups is 3. The van der Waals surface area contributed by atoms with Crippen molar-refractivity contribution in [2.24, 2.45) is 28.6 Å². The molecule has 9 atom stereocenters. The first-order chi connectivity index (χ1) is 17.4. The van der Waals surface area contributed by atoms with E-state index in [-0.39, 0.29) is 30.5 Å². The second-order valence-electron chi connectivity index (χ2n) is 11.0. The van der Waals surface area contributed by atoms with Crippen molar-refractivity contribution in [3.05, 3.63) is 40.4 Å². The van der Waals surface area contributed by atoms with Gasteiger partial charge in [-0.25, -0.2) is 22.9 Å². The summed E-state index contributed by atoms with van der Waals surface area (Å²) < 4.78 is 52.4. The fraction of sp³-hybridized carbons (Fsp3) is 0.615. The van der Waals surface area contributed by atoms with E-state index in [0.29, 0.717) is 11.8 Å². The molecule has 5 rings (SSSR count). The van der Waals surface area contributed by atoms with Crippen LogP contribution in [0.25, 0.3) is 0 Å². The number of esters is 1. The molecule has 0 bridgehead atoms. The van der Waals surface area contributed by atoms with Gasteiger partial charge in [0.15, 0.2) is 22.7 Å². The van der Waals surface area contributed by atoms with E-state index in [0.717, 1.165) is 17.4 Å². The van der Waals surface area contributed by atoms with Gasteiger partial charge in [-0.1, -0.05) is 19.9 Å². The second kappa shape index (κ2) is 8.77. The molecule has 1 heterocycles. The summed E-state index contributed by atoms with van der Waals surface area (Å²) in [5, 5.41) is 12.2. The Bertz CT molecular complexity index is 1210. The second-order valence-corrected chi connectivity index (χ2v) is 12.6. The van der Waals surface area contributed by atoms with E-state index in [9.17, 15) is 23.9 Å². The number of halogens is 3. The number of alkyl halides is 3. The number of hydrogen-bond donors (Lipinski definition) is 1. The molecule has 0 aromatic carbocycles. The summed E-state index contributed by atoms with van der Waals surface area (Å²) in [6.45, 7) is 4.82. The third-order valence-corrected chi connectivity index (χ3v) is 10.8. The number of aliphatic hydroxyl groups excluding tert-OH is 1. The lowest BCUT2D eigenvalue weighted by Crippen LogP contribution is -2.70. The average molecular weight is 556 g/mol. The van der Waals surface area contributed by atoms with Crippen LogP contribution in [0.1, 0.15) is 50.5 Å². The zero-order valence-electron chi connectivity index (χ0n) is 20.6. The Hall–Kier alpha value is -1.98. The van der Waals surface area contributed by atoms with E-state index in [4.69, 9.17) is 4.74 Å². The molecular weight excluding hydrogens is 527 g/mol. The molecule has 0 amide bonds. The van der Waals surface area contributed by atoms with Gasteiger partial charge in [0.1, 0.15) is 12.2 Å². The highest BCUT2D eigenvalue weighted by molar-refractivity contribution is 8.13. The SMILES string of the molecule is C[C@@H]1C[C@H]2[C@@H]3C[C@H](F)C4=CC(=O)C=C[C@]4(C)[C@@]3(F)[C@@H](O)C[C@]2(C)[C@@]1(OC(=O)c1cscn1)C(=O)SCF. The molecule has 3 saturated carbocycles. The van der Waals surface area contributed by atoms with Crippen molar-refractivity contribution in [1.29, 1.82) is 0 Å². The van der Waals surface area contributed by atoms with Gasteiger partial charge in [0.25, 0.3) is 0 Å². The summed E-state index contributed by atoms with van der Waals surface area (Å²) >= 11 is 1.53. The Kier molecular flexibility index (Phi) is 6.31. The maximum Gasteiger partial charge on any atom is 0.358 e. The molecule has 0 spiro atoms. The number of hydrogen-bond acceptors (Lipinski definition) is 8. The van der Waals surface area contributed by atoms with Crippen molar-refractivity contribution < 1.29 is 37.4 Å². The fourth-order valence-electron chi connectivity index (χ4n) is 7.89. The molecule has 0 saturated heterocycles. The van der Waals surface area contributed by atoms with Gasteiger partial charge in [-0.2, -0.15) is 0 Å². The zero-order valence-corrected chi connectivity index (χ0v) is 22.2. The number of aromatic nitrogens is 1. The van der Waals surface area contributed by atoms with Gasteiger partial charge in [-0.15, -0.1) is 11.3 Å². The lowest BCUT2D eigenvalue weighted by Gasteiger charge is -2.63. The van der Waals surface area contributed by atoms with E-state index in [1.54, 1.807) is 13.8 Å². The minimum atomic E-state index is -2.34. The summed E-state index contributed by atoms with van der Waals surface area (Å²) in [5.74, 6) is -3.71. The average Bonchev–Trinajstić information content (AvgIpc) is 3.45. The molecule has 1 N–H and O–H groups in total. The first-order valence-electron chi connectivity index (χ1n) is 12.2. The molecule has 0 radical (unpaired) electrons. The third kappa shape index (κ3) is 3.35. The summed E-state index contributed by atoms with van der Waals surface area (Å²) in [4.78, 5) is 42.7. The van der Waals surface area contributed by atoms with Crippen molar-refractivity contribution in [2.45, 2.75) is 63.6 Å². The van der Waals surface area contributed by atoms with Crippen LogP contribution in [0.2, 0.25) is 0 Å². The van der Waals surface area contributed by atoms with Gasteiger partial charge >= 0.3 is 5.97 Å². The molecule has 0 unspecified atom stereocenters. The zero-order chi connectivity index (χ0) is 27.0. The van der Waals surface area contributed by atoms with Crippen molar-refractivity contribution in [2.75, 3.05) is 6.01 Å². The maximum atomic E-state index is 17.4. The quantitative estimate of drug-likeness (QED) is 0.534. The third-order valence-electron chi connectivity index (χ3n) is 9.55. The first kappa shape index (κ1) is 26.6. The minimum Gasteiger partial charge on any atom is -0.444 e. The highest BCUT2D eigenvalue weighted by Crippen LogP contribution is 2.72. The predicted molar refractivity (Wildman–Crippen MR) is 132 cm³/mol. The smallest absolute Gasteiger partial charge is 0.358 e. The lowest BCUT2D eigenvalue weighted by atomic mass is 9.44. The van der Waals surface area contributed by atoms with E-state index < -0.39 is 75.0 Å². The molecule has 0 aliphatic heterocycles. The molecule has 6 nitrogen and oxygen atoms in total. The Morgan fingerprint density at radius 3 is 2.68 bits per heavy atom. The first-order valence-corrected chi connectivity index (χ1v) is 14.1. The van der Waals surface area contributed by atoms with E-state index in [1.807, 2.05) is 0 Å². The molecular formula is C26H28F3NO5S2. The van der Waals surface area contributed by atoms with Crippen molar-refractivity contribution >= 4 is 40.0 Å². The van der Waals surface area contributed by atoms with Crippen molar-refractivity contribution in [1.82, 2.24) is 4.98 Å². The summed E-state index contributed by atoms with van der Waals surface area (Å²) in [6, 6.07) is -1.06. The van der Waals surface area contributed by atoms with E-state index in [1.165, 1.54) is 30.0 Å². The van der Waals surface area contributed by atoms with Gasteiger partial charge in [0.2, 0.25) is 5.12 Å². The number of aliphatic hydroxyl groups is 1. The van der Waals surface area contributed by atoms with Gasteiger partial charge < -0.3 is 9.84 Å². The van der Waals surface area contributed by atoms with Crippen LogP contribution >= 0.6 is 23.1 Å². The number of thioether (sulfide) groups is 1. The number of fused-ring (bicyclic) bond motifs is 5. The van der Waals surface area contributed by atoms with Crippen LogP contribution in [0.5, 0.6) is 0 Å². The molecule has 4 aliphatic rings. The number of allylic oxidation sites excluding steroid dienone is 4. The van der Waals surface area contributed by atoms with Crippen LogP contribution in [0, 0.1) is 28.6 Å². The molecule has 11 heteroatoms. The van der Waals surface area contributed by atoms with Crippen LogP contribution in [-0.2, 0) is 14.3 Å². The van der Waals surface area contributed by atoms with Crippen LogP contribution in [0.15, 0.2) is 34.7 Å². The summed E-state index contributed by atoms with van der Waals surface area (Å²) in [5.41, 5.74) is -5.71. The number of carbonyl (C=O) groups excluding carboxylic acids is 3. The molecule has 1 aromatic rings. The van der Waals surface area contributed by atoms with E-state index >= 15 is 8.78 Å². The van der Waals surface area contributed by atoms with Gasteiger partial charge in [0, 0.05) is 28.0 Å². The number of rotatable bonds is 4. The topological polar surface area (TPSA) is 93.6 Å².